The van der Waals surface area contributed by atoms with E-state index in [0.29, 0.717) is 6.04 Å². The number of fused-ring (bicyclic) bond motifs is 1. The average Bonchev–Trinajstić information content (AvgIpc) is 3.16. The van der Waals surface area contributed by atoms with Crippen molar-refractivity contribution in [1.82, 2.24) is 5.32 Å². The average molecular weight is 283 g/mol. The van der Waals surface area contributed by atoms with Gasteiger partial charge in [-0.2, -0.15) is 0 Å². The first-order valence-corrected chi connectivity index (χ1v) is 8.04. The normalized spacial score (nSPS) is 30.1. The van der Waals surface area contributed by atoms with Gasteiger partial charge in [0.1, 0.15) is 11.2 Å². The van der Waals surface area contributed by atoms with E-state index in [2.05, 4.69) is 46.9 Å². The molecule has 1 saturated carbocycles. The molecule has 0 aromatic heterocycles. The van der Waals surface area contributed by atoms with Gasteiger partial charge in [-0.15, -0.1) is 11.8 Å². The molecule has 0 saturated heterocycles. The topological polar surface area (TPSA) is 36.8 Å². The minimum atomic E-state index is 0.255. The fourth-order valence-corrected chi connectivity index (χ4v) is 3.76. The molecule has 4 rings (SSSR count). The van der Waals surface area contributed by atoms with Gasteiger partial charge in [-0.3, -0.25) is 9.98 Å². The van der Waals surface area contributed by atoms with Crippen LogP contribution >= 0.6 is 11.8 Å². The molecular formula is C16H17N3S. The van der Waals surface area contributed by atoms with Crippen LogP contribution in [0.5, 0.6) is 0 Å². The number of aliphatic imine (C=N–C) groups is 2. The van der Waals surface area contributed by atoms with Crippen molar-refractivity contribution in [3.05, 3.63) is 40.8 Å². The molecule has 2 heterocycles. The third-order valence-electron chi connectivity index (χ3n) is 3.94. The van der Waals surface area contributed by atoms with Crippen molar-refractivity contribution in [3.63, 3.8) is 0 Å². The van der Waals surface area contributed by atoms with E-state index < -0.39 is 0 Å². The monoisotopic (exact) mass is 283 g/mol. The van der Waals surface area contributed by atoms with E-state index in [1.54, 1.807) is 18.1 Å². The van der Waals surface area contributed by atoms with Gasteiger partial charge < -0.3 is 5.32 Å². The second-order valence-corrected chi connectivity index (χ2v) is 6.60. The Morgan fingerprint density at radius 3 is 2.80 bits per heavy atom. The Balaban J connectivity index is 1.69. The number of amidine groups is 1. The van der Waals surface area contributed by atoms with Crippen LogP contribution in [0.4, 0.5) is 0 Å². The van der Waals surface area contributed by atoms with Crippen molar-refractivity contribution in [2.45, 2.75) is 31.2 Å². The van der Waals surface area contributed by atoms with Gasteiger partial charge in [-0.25, -0.2) is 0 Å². The second kappa shape index (κ2) is 4.77. The number of nitrogens with one attached hydrogen (secondary N) is 1. The lowest BCUT2D eigenvalue weighted by Gasteiger charge is -2.25. The Morgan fingerprint density at radius 2 is 2.05 bits per heavy atom. The molecule has 0 bridgehead atoms. The molecular weight excluding hydrogens is 266 g/mol. The van der Waals surface area contributed by atoms with Crippen molar-refractivity contribution < 1.29 is 0 Å². The minimum absolute atomic E-state index is 0.255. The van der Waals surface area contributed by atoms with Crippen molar-refractivity contribution in [3.8, 4) is 0 Å². The smallest absolute Gasteiger partial charge is 0.115 e. The zero-order valence-electron chi connectivity index (χ0n) is 11.4. The summed E-state index contributed by atoms with van der Waals surface area (Å²) in [6.45, 7) is 2.12. The molecule has 1 aromatic carbocycles. The summed E-state index contributed by atoms with van der Waals surface area (Å²) >= 11 is 1.80. The largest absolute Gasteiger partial charge is 0.335 e. The van der Waals surface area contributed by atoms with E-state index >= 15 is 0 Å². The molecule has 3 aliphatic rings. The molecule has 1 aliphatic carbocycles. The Kier molecular flexibility index (Phi) is 2.91. The van der Waals surface area contributed by atoms with Gasteiger partial charge in [-0.05, 0) is 36.3 Å². The molecule has 2 aliphatic heterocycles. The van der Waals surface area contributed by atoms with Crippen LogP contribution in [-0.4, -0.2) is 23.6 Å². The molecule has 20 heavy (non-hydrogen) atoms. The lowest BCUT2D eigenvalue weighted by Crippen LogP contribution is -2.39. The van der Waals surface area contributed by atoms with Crippen LogP contribution < -0.4 is 5.32 Å². The lowest BCUT2D eigenvalue weighted by atomic mass is 9.91. The van der Waals surface area contributed by atoms with Gasteiger partial charge in [0.2, 0.25) is 0 Å². The van der Waals surface area contributed by atoms with Crippen molar-refractivity contribution in [2.75, 3.05) is 0 Å². The maximum absolute atomic E-state index is 4.84. The first kappa shape index (κ1) is 12.2. The Bertz CT molecular complexity index is 611. The van der Waals surface area contributed by atoms with E-state index in [9.17, 15) is 0 Å². The summed E-state index contributed by atoms with van der Waals surface area (Å²) in [6.07, 6.45) is 4.27. The molecule has 0 amide bonds. The number of nitrogens with zero attached hydrogens (tertiary/aromatic N) is 2. The Hall–Kier alpha value is -1.55. The highest BCUT2D eigenvalue weighted by molar-refractivity contribution is 8.03. The molecule has 102 valence electrons. The molecule has 1 fully saturated rings. The maximum Gasteiger partial charge on any atom is 0.115 e. The van der Waals surface area contributed by atoms with E-state index in [0.717, 1.165) is 5.84 Å². The quantitative estimate of drug-likeness (QED) is 0.905. The SMILES string of the molecule is Cc1ccc(C2=CS[C@H]3N=CNC(=NC4CC4)[C@@H]23)cc1. The maximum atomic E-state index is 4.84. The van der Waals surface area contributed by atoms with Crippen LogP contribution in [0.2, 0.25) is 0 Å². The summed E-state index contributed by atoms with van der Waals surface area (Å²) in [5, 5.41) is 5.79. The molecule has 0 radical (unpaired) electrons. The van der Waals surface area contributed by atoms with Gasteiger partial charge in [-0.1, -0.05) is 29.8 Å². The van der Waals surface area contributed by atoms with Crippen LogP contribution in [0, 0.1) is 12.8 Å². The van der Waals surface area contributed by atoms with Gasteiger partial charge >= 0.3 is 0 Å². The number of rotatable bonds is 2. The summed E-state index contributed by atoms with van der Waals surface area (Å²) in [5.41, 5.74) is 3.94. The van der Waals surface area contributed by atoms with Gasteiger partial charge in [0, 0.05) is 0 Å². The molecule has 0 spiro atoms. The lowest BCUT2D eigenvalue weighted by molar-refractivity contribution is 0.786. The summed E-state index contributed by atoms with van der Waals surface area (Å²) in [5.74, 6) is 1.39. The van der Waals surface area contributed by atoms with E-state index in [1.807, 2.05) is 0 Å². The zero-order chi connectivity index (χ0) is 13.5. The highest BCUT2D eigenvalue weighted by Crippen LogP contribution is 2.43. The molecule has 4 heteroatoms. The number of thioether (sulfide) groups is 1. The van der Waals surface area contributed by atoms with Crippen molar-refractivity contribution >= 4 is 29.5 Å². The first-order chi connectivity index (χ1) is 9.81. The highest BCUT2D eigenvalue weighted by Gasteiger charge is 2.38. The second-order valence-electron chi connectivity index (χ2n) is 5.61. The van der Waals surface area contributed by atoms with E-state index in [1.165, 1.54) is 29.5 Å². The van der Waals surface area contributed by atoms with Gasteiger partial charge in [0.25, 0.3) is 0 Å². The van der Waals surface area contributed by atoms with Crippen LogP contribution in [-0.2, 0) is 0 Å². The highest BCUT2D eigenvalue weighted by atomic mass is 32.2. The molecule has 2 atom stereocenters. The molecule has 3 nitrogen and oxygen atoms in total. The molecule has 1 aromatic rings. The first-order valence-electron chi connectivity index (χ1n) is 7.10. The van der Waals surface area contributed by atoms with Gasteiger partial charge in [0.05, 0.1) is 18.3 Å². The summed E-state index contributed by atoms with van der Waals surface area (Å²) in [4.78, 5) is 9.40. The fourth-order valence-electron chi connectivity index (χ4n) is 2.63. The van der Waals surface area contributed by atoms with E-state index in [-0.39, 0.29) is 11.3 Å². The van der Waals surface area contributed by atoms with Crippen molar-refractivity contribution in [1.29, 1.82) is 0 Å². The summed E-state index contributed by atoms with van der Waals surface area (Å²) in [7, 11) is 0. The minimum Gasteiger partial charge on any atom is -0.335 e. The van der Waals surface area contributed by atoms with Crippen LogP contribution in [0.3, 0.4) is 0 Å². The predicted molar refractivity (Wildman–Crippen MR) is 86.1 cm³/mol. The standard InChI is InChI=1S/C16H17N3S/c1-10-2-4-11(5-3-10)13-8-20-16-14(13)15(17-9-18-16)19-12-6-7-12/h2-5,8-9,12,14,16H,6-7H2,1H3,(H,17,18,19)/t14-,16-/m1/s1. The predicted octanol–water partition coefficient (Wildman–Crippen LogP) is 3.22. The van der Waals surface area contributed by atoms with Crippen LogP contribution in [0.15, 0.2) is 39.7 Å². The summed E-state index contributed by atoms with van der Waals surface area (Å²) < 4.78 is 0. The summed E-state index contributed by atoms with van der Waals surface area (Å²) in [6, 6.07) is 9.29. The van der Waals surface area contributed by atoms with Crippen LogP contribution in [0.1, 0.15) is 24.0 Å². The number of hydrogen-bond donors (Lipinski definition) is 1. The number of hydrogen-bond acceptors (Lipinski definition) is 3. The third kappa shape index (κ3) is 2.18. The Labute approximate surface area is 123 Å². The molecule has 0 unspecified atom stereocenters. The van der Waals surface area contributed by atoms with Crippen molar-refractivity contribution in [2.24, 2.45) is 15.9 Å². The zero-order valence-corrected chi connectivity index (χ0v) is 12.2. The number of aryl methyl sites for hydroxylation is 1. The number of benzene rings is 1. The third-order valence-corrected chi connectivity index (χ3v) is 5.00. The van der Waals surface area contributed by atoms with E-state index in [4.69, 9.17) is 4.99 Å². The molecule has 1 N–H and O–H groups in total. The van der Waals surface area contributed by atoms with Gasteiger partial charge in [0.15, 0.2) is 0 Å². The van der Waals surface area contributed by atoms with Crippen LogP contribution in [0.25, 0.3) is 5.57 Å². The fraction of sp³-hybridized carbons (Fsp3) is 0.375. The Morgan fingerprint density at radius 1 is 1.25 bits per heavy atom.